The Hall–Kier alpha value is -2.91. The van der Waals surface area contributed by atoms with Gasteiger partial charge >= 0.3 is 0 Å². The van der Waals surface area contributed by atoms with Gasteiger partial charge in [-0.05, 0) is 42.6 Å². The highest BCUT2D eigenvalue weighted by molar-refractivity contribution is 7.92. The first kappa shape index (κ1) is 19.8. The quantitative estimate of drug-likeness (QED) is 0.431. The van der Waals surface area contributed by atoms with Gasteiger partial charge in [0.2, 0.25) is 0 Å². The van der Waals surface area contributed by atoms with Gasteiger partial charge in [-0.3, -0.25) is 14.4 Å². The lowest BCUT2D eigenvalue weighted by molar-refractivity contribution is -0.384. The Kier molecular flexibility index (Phi) is 5.96. The smallest absolute Gasteiger partial charge is 0.293 e. The molecule has 9 heteroatoms. The highest BCUT2D eigenvalue weighted by atomic mass is 32.2. The van der Waals surface area contributed by atoms with Crippen LogP contribution in [0.1, 0.15) is 11.8 Å². The molecular formula is C19H19N3O4S2. The number of hydrogen-bond acceptors (Lipinski definition) is 6. The lowest BCUT2D eigenvalue weighted by atomic mass is 10.2. The van der Waals surface area contributed by atoms with Crippen LogP contribution >= 0.6 is 11.3 Å². The predicted octanol–water partition coefficient (Wildman–Crippen LogP) is 4.48. The fraction of sp³-hybridized carbons (Fsp3) is 0.158. The van der Waals surface area contributed by atoms with Crippen molar-refractivity contribution >= 4 is 38.4 Å². The van der Waals surface area contributed by atoms with Crippen molar-refractivity contribution in [2.75, 3.05) is 16.2 Å². The van der Waals surface area contributed by atoms with Crippen LogP contribution in [0.5, 0.6) is 0 Å². The van der Waals surface area contributed by atoms with Crippen LogP contribution in [0, 0.1) is 10.1 Å². The van der Waals surface area contributed by atoms with E-state index in [0.29, 0.717) is 12.2 Å². The molecule has 0 aliphatic carbocycles. The first-order chi connectivity index (χ1) is 13.4. The summed E-state index contributed by atoms with van der Waals surface area (Å²) in [6.45, 7) is 2.35. The number of sulfonamides is 1. The lowest BCUT2D eigenvalue weighted by Crippen LogP contribution is -2.30. The van der Waals surface area contributed by atoms with Crippen molar-refractivity contribution in [3.05, 3.63) is 81.0 Å². The molecule has 7 nitrogen and oxygen atoms in total. The molecule has 3 aromatic rings. The molecule has 3 rings (SSSR count). The van der Waals surface area contributed by atoms with E-state index in [2.05, 4.69) is 5.32 Å². The largest absolute Gasteiger partial charge is 0.375 e. The summed E-state index contributed by atoms with van der Waals surface area (Å²) in [5.74, 6) is 0. The highest BCUT2D eigenvalue weighted by Crippen LogP contribution is 2.31. The van der Waals surface area contributed by atoms with Crippen molar-refractivity contribution < 1.29 is 13.3 Å². The van der Waals surface area contributed by atoms with Gasteiger partial charge in [0.15, 0.2) is 0 Å². The molecule has 1 heterocycles. The monoisotopic (exact) mass is 417 g/mol. The van der Waals surface area contributed by atoms with Crippen molar-refractivity contribution in [3.8, 4) is 0 Å². The third kappa shape index (κ3) is 4.15. The summed E-state index contributed by atoms with van der Waals surface area (Å²) in [6, 6.07) is 16.4. The summed E-state index contributed by atoms with van der Waals surface area (Å²) in [7, 11) is -3.93. The van der Waals surface area contributed by atoms with Crippen LogP contribution in [0.15, 0.2) is 70.9 Å². The second-order valence-electron chi connectivity index (χ2n) is 5.87. The number of hydrogen-bond donors (Lipinski definition) is 1. The third-order valence-corrected chi connectivity index (χ3v) is 6.89. The van der Waals surface area contributed by atoms with E-state index in [9.17, 15) is 18.5 Å². The Bertz CT molecular complexity index is 1050. The average Bonchev–Trinajstić information content (AvgIpc) is 3.21. The zero-order valence-corrected chi connectivity index (χ0v) is 16.7. The Morgan fingerprint density at radius 3 is 2.46 bits per heavy atom. The Morgan fingerprint density at radius 1 is 1.11 bits per heavy atom. The molecule has 1 aromatic heterocycles. The van der Waals surface area contributed by atoms with Crippen LogP contribution in [0.3, 0.4) is 0 Å². The Labute approximate surface area is 167 Å². The number of nitrogens with one attached hydrogen (secondary N) is 1. The number of anilines is 2. The van der Waals surface area contributed by atoms with E-state index in [4.69, 9.17) is 0 Å². The topological polar surface area (TPSA) is 92.6 Å². The van der Waals surface area contributed by atoms with Crippen molar-refractivity contribution in [1.82, 2.24) is 0 Å². The molecule has 1 N–H and O–H groups in total. The maximum absolute atomic E-state index is 13.1. The first-order valence-corrected chi connectivity index (χ1v) is 10.9. The number of nitrogens with zero attached hydrogens (tertiary/aromatic N) is 2. The van der Waals surface area contributed by atoms with E-state index in [1.165, 1.54) is 27.8 Å². The van der Waals surface area contributed by atoms with Crippen molar-refractivity contribution in [2.24, 2.45) is 0 Å². The van der Waals surface area contributed by atoms with Crippen molar-refractivity contribution in [1.29, 1.82) is 0 Å². The van der Waals surface area contributed by atoms with Crippen LogP contribution in [-0.4, -0.2) is 19.9 Å². The standard InChI is InChI=1S/C19H19N3O4S2/c1-2-21(15-7-4-3-5-8-15)28(25,26)17-10-11-18(19(13-17)22(23)24)20-14-16-9-6-12-27-16/h3-13,20H,2,14H2,1H3. The number of benzene rings is 2. The summed E-state index contributed by atoms with van der Waals surface area (Å²) in [5, 5.41) is 16.5. The van der Waals surface area contributed by atoms with E-state index in [0.717, 1.165) is 10.9 Å². The Morgan fingerprint density at radius 2 is 1.86 bits per heavy atom. The summed E-state index contributed by atoms with van der Waals surface area (Å²) in [6.07, 6.45) is 0. The molecule has 0 atom stereocenters. The molecule has 0 saturated heterocycles. The van der Waals surface area contributed by atoms with Crippen LogP contribution in [-0.2, 0) is 16.6 Å². The minimum absolute atomic E-state index is 0.119. The lowest BCUT2D eigenvalue weighted by Gasteiger charge is -2.23. The molecule has 0 radical (unpaired) electrons. The van der Waals surface area contributed by atoms with Gasteiger partial charge in [0.25, 0.3) is 15.7 Å². The predicted molar refractivity (Wildman–Crippen MR) is 111 cm³/mol. The van der Waals surface area contributed by atoms with Gasteiger partial charge in [0, 0.05) is 24.0 Å². The second-order valence-corrected chi connectivity index (χ2v) is 8.77. The summed E-state index contributed by atoms with van der Waals surface area (Å²) >= 11 is 1.53. The third-order valence-electron chi connectivity index (χ3n) is 4.12. The highest BCUT2D eigenvalue weighted by Gasteiger charge is 2.27. The number of thiophene rings is 1. The average molecular weight is 418 g/mol. The summed E-state index contributed by atoms with van der Waals surface area (Å²) in [4.78, 5) is 11.9. The second kappa shape index (κ2) is 8.41. The first-order valence-electron chi connectivity index (χ1n) is 8.56. The molecule has 0 amide bonds. The number of nitro benzene ring substituents is 1. The van der Waals surface area contributed by atoms with Gasteiger partial charge in [-0.25, -0.2) is 8.42 Å². The molecule has 2 aromatic carbocycles. The van der Waals surface area contributed by atoms with Crippen LogP contribution in [0.25, 0.3) is 0 Å². The Balaban J connectivity index is 1.95. The van der Waals surface area contributed by atoms with Crippen LogP contribution < -0.4 is 9.62 Å². The SMILES string of the molecule is CCN(c1ccccc1)S(=O)(=O)c1ccc(NCc2cccs2)c([N+](=O)[O-])c1. The number of para-hydroxylation sites is 1. The van der Waals surface area contributed by atoms with E-state index in [1.54, 1.807) is 37.3 Å². The molecule has 0 saturated carbocycles. The van der Waals surface area contributed by atoms with Gasteiger partial charge in [-0.1, -0.05) is 24.3 Å². The molecular weight excluding hydrogens is 398 g/mol. The van der Waals surface area contributed by atoms with Gasteiger partial charge in [0.05, 0.1) is 15.5 Å². The molecule has 0 aliphatic rings. The zero-order chi connectivity index (χ0) is 20.1. The molecule has 0 fully saturated rings. The van der Waals surface area contributed by atoms with Crippen molar-refractivity contribution in [2.45, 2.75) is 18.4 Å². The fourth-order valence-corrected chi connectivity index (χ4v) is 4.92. The minimum Gasteiger partial charge on any atom is -0.375 e. The zero-order valence-electron chi connectivity index (χ0n) is 15.1. The molecule has 0 aliphatic heterocycles. The van der Waals surface area contributed by atoms with Gasteiger partial charge in [0.1, 0.15) is 5.69 Å². The fourth-order valence-electron chi connectivity index (χ4n) is 2.78. The summed E-state index contributed by atoms with van der Waals surface area (Å²) in [5.41, 5.74) is 0.509. The molecule has 0 spiro atoms. The maximum Gasteiger partial charge on any atom is 0.293 e. The minimum atomic E-state index is -3.93. The van der Waals surface area contributed by atoms with Crippen molar-refractivity contribution in [3.63, 3.8) is 0 Å². The maximum atomic E-state index is 13.1. The van der Waals surface area contributed by atoms with E-state index in [-0.39, 0.29) is 22.8 Å². The summed E-state index contributed by atoms with van der Waals surface area (Å²) < 4.78 is 27.4. The van der Waals surface area contributed by atoms with E-state index >= 15 is 0 Å². The van der Waals surface area contributed by atoms with Gasteiger partial charge < -0.3 is 5.32 Å². The van der Waals surface area contributed by atoms with Gasteiger partial charge in [-0.2, -0.15) is 0 Å². The molecule has 146 valence electrons. The van der Waals surface area contributed by atoms with Crippen LogP contribution in [0.4, 0.5) is 17.1 Å². The normalized spacial score (nSPS) is 11.2. The van der Waals surface area contributed by atoms with E-state index in [1.807, 2.05) is 17.5 Å². The molecule has 0 unspecified atom stereocenters. The van der Waals surface area contributed by atoms with Gasteiger partial charge in [-0.15, -0.1) is 11.3 Å². The number of rotatable bonds is 8. The molecule has 28 heavy (non-hydrogen) atoms. The van der Waals surface area contributed by atoms with Crippen LogP contribution in [0.2, 0.25) is 0 Å². The van der Waals surface area contributed by atoms with E-state index < -0.39 is 14.9 Å². The molecule has 0 bridgehead atoms. The number of nitro groups is 1.